The Bertz CT molecular complexity index is 898. The van der Waals surface area contributed by atoms with Gasteiger partial charge < -0.3 is 13.9 Å². The lowest BCUT2D eigenvalue weighted by molar-refractivity contribution is -0.274. The normalized spacial score (nSPS) is 11.5. The first-order chi connectivity index (χ1) is 11.9. The van der Waals surface area contributed by atoms with Crippen LogP contribution in [0.3, 0.4) is 0 Å². The Labute approximate surface area is 140 Å². The van der Waals surface area contributed by atoms with Crippen LogP contribution >= 0.6 is 0 Å². The van der Waals surface area contributed by atoms with Crippen LogP contribution in [0.4, 0.5) is 13.2 Å². The van der Waals surface area contributed by atoms with Crippen molar-refractivity contribution in [2.24, 2.45) is 0 Å². The minimum Gasteiger partial charge on any atom is -0.462 e. The van der Waals surface area contributed by atoms with Crippen molar-refractivity contribution in [3.8, 4) is 17.1 Å². The molecule has 1 aromatic heterocycles. The average molecular weight is 350 g/mol. The number of furan rings is 1. The van der Waals surface area contributed by atoms with E-state index in [1.54, 1.807) is 37.3 Å². The van der Waals surface area contributed by atoms with Crippen molar-refractivity contribution in [1.82, 2.24) is 0 Å². The molecule has 4 nitrogen and oxygen atoms in total. The second-order valence-corrected chi connectivity index (χ2v) is 5.10. The Morgan fingerprint density at radius 3 is 2.48 bits per heavy atom. The molecule has 0 bridgehead atoms. The highest BCUT2D eigenvalue weighted by atomic mass is 19.4. The number of alkyl halides is 3. The predicted octanol–water partition coefficient (Wildman–Crippen LogP) is 5.18. The lowest BCUT2D eigenvalue weighted by Crippen LogP contribution is -2.17. The van der Waals surface area contributed by atoms with E-state index in [9.17, 15) is 18.0 Å². The topological polar surface area (TPSA) is 48.7 Å². The molecule has 0 saturated heterocycles. The summed E-state index contributed by atoms with van der Waals surface area (Å²) in [4.78, 5) is 12.4. The van der Waals surface area contributed by atoms with Crippen molar-refractivity contribution >= 4 is 16.9 Å². The molecule has 0 radical (unpaired) electrons. The molecule has 7 heteroatoms. The SMILES string of the molecule is CCOC(=O)c1c(-c2ccccc2)oc2ccc(OC(F)(F)F)cc12. The molecule has 0 N–H and O–H groups in total. The van der Waals surface area contributed by atoms with E-state index in [4.69, 9.17) is 9.15 Å². The molecule has 1 heterocycles. The summed E-state index contributed by atoms with van der Waals surface area (Å²) in [5.41, 5.74) is 0.937. The van der Waals surface area contributed by atoms with Gasteiger partial charge in [0.25, 0.3) is 0 Å². The predicted molar refractivity (Wildman–Crippen MR) is 84.3 cm³/mol. The van der Waals surface area contributed by atoms with Crippen LogP contribution in [0.2, 0.25) is 0 Å². The van der Waals surface area contributed by atoms with Crippen LogP contribution in [0.5, 0.6) is 5.75 Å². The highest BCUT2D eigenvalue weighted by Crippen LogP contribution is 2.37. The van der Waals surface area contributed by atoms with E-state index in [0.29, 0.717) is 5.56 Å². The molecule has 25 heavy (non-hydrogen) atoms. The molecular weight excluding hydrogens is 337 g/mol. The van der Waals surface area contributed by atoms with Crippen molar-refractivity contribution in [1.29, 1.82) is 0 Å². The first-order valence-corrected chi connectivity index (χ1v) is 7.44. The zero-order valence-electron chi connectivity index (χ0n) is 13.1. The summed E-state index contributed by atoms with van der Waals surface area (Å²) in [7, 11) is 0. The smallest absolute Gasteiger partial charge is 0.462 e. The molecule has 0 aliphatic carbocycles. The summed E-state index contributed by atoms with van der Waals surface area (Å²) in [5.74, 6) is -0.881. The Hall–Kier alpha value is -2.96. The third-order valence-corrected chi connectivity index (χ3v) is 3.41. The average Bonchev–Trinajstić information content (AvgIpc) is 2.93. The molecule has 0 atom stereocenters. The van der Waals surface area contributed by atoms with Crippen molar-refractivity contribution in [2.75, 3.05) is 6.61 Å². The van der Waals surface area contributed by atoms with Gasteiger partial charge in [-0.05, 0) is 25.1 Å². The van der Waals surface area contributed by atoms with Gasteiger partial charge in [-0.25, -0.2) is 4.79 Å². The molecule has 3 rings (SSSR count). The molecule has 0 aliphatic heterocycles. The number of halogens is 3. The van der Waals surface area contributed by atoms with E-state index in [1.165, 1.54) is 6.07 Å². The van der Waals surface area contributed by atoms with Gasteiger partial charge in [-0.15, -0.1) is 13.2 Å². The van der Waals surface area contributed by atoms with Gasteiger partial charge >= 0.3 is 12.3 Å². The quantitative estimate of drug-likeness (QED) is 0.609. The minimum atomic E-state index is -4.83. The largest absolute Gasteiger partial charge is 0.573 e. The highest BCUT2D eigenvalue weighted by Gasteiger charge is 2.32. The van der Waals surface area contributed by atoms with Gasteiger partial charge in [0.15, 0.2) is 0 Å². The number of esters is 1. The molecule has 0 unspecified atom stereocenters. The molecule has 0 saturated carbocycles. The van der Waals surface area contributed by atoms with Crippen molar-refractivity contribution in [2.45, 2.75) is 13.3 Å². The summed E-state index contributed by atoms with van der Waals surface area (Å²) in [6.45, 7) is 1.76. The molecule has 0 spiro atoms. The second-order valence-electron chi connectivity index (χ2n) is 5.10. The molecule has 2 aromatic carbocycles. The van der Waals surface area contributed by atoms with Gasteiger partial charge in [-0.2, -0.15) is 0 Å². The standard InChI is InChI=1S/C18H13F3O4/c1-2-23-17(22)15-13-10-12(25-18(19,20)21)8-9-14(13)24-16(15)11-6-4-3-5-7-11/h3-10H,2H2,1H3. The van der Waals surface area contributed by atoms with Crippen LogP contribution in [-0.2, 0) is 4.74 Å². The van der Waals surface area contributed by atoms with Gasteiger partial charge in [0, 0.05) is 10.9 Å². The summed E-state index contributed by atoms with van der Waals surface area (Å²) in [6.07, 6.45) is -4.83. The maximum atomic E-state index is 12.5. The van der Waals surface area contributed by atoms with Gasteiger partial charge in [0.2, 0.25) is 0 Å². The summed E-state index contributed by atoms with van der Waals surface area (Å²) < 4.78 is 52.0. The van der Waals surface area contributed by atoms with Crippen LogP contribution in [0, 0.1) is 0 Å². The minimum absolute atomic E-state index is 0.0654. The maximum absolute atomic E-state index is 12.5. The van der Waals surface area contributed by atoms with Crippen LogP contribution in [0.25, 0.3) is 22.3 Å². The van der Waals surface area contributed by atoms with Gasteiger partial charge in [-0.3, -0.25) is 0 Å². The number of fused-ring (bicyclic) bond motifs is 1. The van der Waals surface area contributed by atoms with Crippen LogP contribution in [0.1, 0.15) is 17.3 Å². The van der Waals surface area contributed by atoms with Gasteiger partial charge in [0.1, 0.15) is 22.7 Å². The fourth-order valence-corrected chi connectivity index (χ4v) is 2.47. The van der Waals surface area contributed by atoms with Gasteiger partial charge in [-0.1, -0.05) is 30.3 Å². The molecule has 0 fully saturated rings. The maximum Gasteiger partial charge on any atom is 0.573 e. The van der Waals surface area contributed by atoms with E-state index in [0.717, 1.165) is 12.1 Å². The highest BCUT2D eigenvalue weighted by molar-refractivity contribution is 6.09. The Morgan fingerprint density at radius 1 is 1.12 bits per heavy atom. The van der Waals surface area contributed by atoms with E-state index >= 15 is 0 Å². The number of rotatable bonds is 4. The zero-order valence-corrected chi connectivity index (χ0v) is 13.1. The number of ether oxygens (including phenoxy) is 2. The Balaban J connectivity index is 2.19. The molecule has 0 aliphatic rings. The summed E-state index contributed by atoms with van der Waals surface area (Å²) >= 11 is 0. The van der Waals surface area contributed by atoms with E-state index in [1.807, 2.05) is 0 Å². The number of carbonyl (C=O) groups excluding carboxylic acids is 1. The first kappa shape index (κ1) is 16.9. The zero-order chi connectivity index (χ0) is 18.0. The second kappa shape index (κ2) is 6.51. The van der Waals surface area contributed by atoms with E-state index < -0.39 is 18.1 Å². The molecule has 3 aromatic rings. The molecule has 130 valence electrons. The number of carbonyl (C=O) groups is 1. The monoisotopic (exact) mass is 350 g/mol. The summed E-state index contributed by atoms with van der Waals surface area (Å²) in [5, 5.41) is 0.194. The van der Waals surface area contributed by atoms with Crippen LogP contribution < -0.4 is 4.74 Å². The third kappa shape index (κ3) is 3.60. The number of benzene rings is 2. The van der Waals surface area contributed by atoms with Gasteiger partial charge in [0.05, 0.1) is 6.61 Å². The van der Waals surface area contributed by atoms with Crippen LogP contribution in [-0.4, -0.2) is 18.9 Å². The van der Waals surface area contributed by atoms with Crippen molar-refractivity contribution in [3.05, 3.63) is 54.1 Å². The van der Waals surface area contributed by atoms with E-state index in [-0.39, 0.29) is 28.9 Å². The molecular formula is C18H13F3O4. The third-order valence-electron chi connectivity index (χ3n) is 3.41. The fourth-order valence-electron chi connectivity index (χ4n) is 2.47. The lowest BCUT2D eigenvalue weighted by atomic mass is 10.1. The molecule has 0 amide bonds. The Kier molecular flexibility index (Phi) is 4.39. The van der Waals surface area contributed by atoms with Crippen LogP contribution in [0.15, 0.2) is 52.9 Å². The fraction of sp³-hybridized carbons (Fsp3) is 0.167. The summed E-state index contributed by atoms with van der Waals surface area (Å²) in [6, 6.07) is 12.3. The lowest BCUT2D eigenvalue weighted by Gasteiger charge is -2.08. The first-order valence-electron chi connectivity index (χ1n) is 7.44. The van der Waals surface area contributed by atoms with Crippen molar-refractivity contribution in [3.63, 3.8) is 0 Å². The van der Waals surface area contributed by atoms with E-state index in [2.05, 4.69) is 4.74 Å². The number of hydrogen-bond acceptors (Lipinski definition) is 4. The number of hydrogen-bond donors (Lipinski definition) is 0. The Morgan fingerprint density at radius 2 is 1.84 bits per heavy atom. The van der Waals surface area contributed by atoms with Crippen molar-refractivity contribution < 1.29 is 31.9 Å².